The molecule has 4 N–H and O–H groups in total. The van der Waals surface area contributed by atoms with Gasteiger partial charge in [0.25, 0.3) is 5.91 Å². The van der Waals surface area contributed by atoms with Gasteiger partial charge in [0.1, 0.15) is 6.04 Å². The average Bonchev–Trinajstić information content (AvgIpc) is 2.84. The number of carbonyl (C=O) groups excluding carboxylic acids is 2. The van der Waals surface area contributed by atoms with Crippen molar-refractivity contribution in [3.63, 3.8) is 0 Å². The van der Waals surface area contributed by atoms with Crippen LogP contribution in [-0.2, 0) is 16.1 Å². The van der Waals surface area contributed by atoms with Gasteiger partial charge in [-0.25, -0.2) is 0 Å². The number of nitrogens with one attached hydrogen (secondary N) is 2. The van der Waals surface area contributed by atoms with Gasteiger partial charge < -0.3 is 21.3 Å². The molecule has 164 valence electrons. The summed E-state index contributed by atoms with van der Waals surface area (Å²) >= 11 is 0. The quantitative estimate of drug-likeness (QED) is 0.519. The molecule has 2 amide bonds. The molecule has 1 saturated heterocycles. The molecule has 4 rings (SSSR count). The van der Waals surface area contributed by atoms with Crippen molar-refractivity contribution in [1.29, 1.82) is 0 Å². The fourth-order valence-corrected chi connectivity index (χ4v) is 3.92. The third-order valence-electron chi connectivity index (χ3n) is 5.64. The zero-order valence-electron chi connectivity index (χ0n) is 18.0. The third kappa shape index (κ3) is 5.15. The van der Waals surface area contributed by atoms with Gasteiger partial charge in [-0.05, 0) is 60.4 Å². The Morgan fingerprint density at radius 2 is 1.72 bits per heavy atom. The Morgan fingerprint density at radius 1 is 0.938 bits per heavy atom. The van der Waals surface area contributed by atoms with E-state index in [2.05, 4.69) is 10.6 Å². The molecule has 0 aliphatic carbocycles. The minimum absolute atomic E-state index is 0.154. The van der Waals surface area contributed by atoms with Crippen LogP contribution in [0.1, 0.15) is 36.4 Å². The van der Waals surface area contributed by atoms with Gasteiger partial charge >= 0.3 is 0 Å². The molecule has 32 heavy (non-hydrogen) atoms. The van der Waals surface area contributed by atoms with Crippen LogP contribution in [0.15, 0.2) is 78.9 Å². The molecule has 0 unspecified atom stereocenters. The number of piperidine rings is 1. The van der Waals surface area contributed by atoms with Crippen molar-refractivity contribution in [3.05, 3.63) is 90.0 Å². The van der Waals surface area contributed by atoms with E-state index in [-0.39, 0.29) is 11.8 Å². The van der Waals surface area contributed by atoms with E-state index in [4.69, 9.17) is 5.73 Å². The zero-order chi connectivity index (χ0) is 22.3. The molecule has 1 aliphatic rings. The predicted octanol–water partition coefficient (Wildman–Crippen LogP) is 4.45. The van der Waals surface area contributed by atoms with Crippen molar-refractivity contribution in [2.24, 2.45) is 5.73 Å². The molecule has 1 fully saturated rings. The first-order chi connectivity index (χ1) is 15.6. The van der Waals surface area contributed by atoms with Crippen LogP contribution in [-0.4, -0.2) is 18.4 Å². The fourth-order valence-electron chi connectivity index (χ4n) is 3.92. The Labute approximate surface area is 188 Å². The number of rotatable bonds is 7. The standard InChI is InChI=1S/C26H28N4O2/c27-18-19-7-6-10-22(17-19)28-25(20-8-2-1-3-9-20)26(32)29-21-12-14-23(15-13-21)30-16-5-4-11-24(30)31/h1-3,6-10,12-15,17,25,28H,4-5,11,16,18,27H2,(H,29,32)/t25-/m0/s1. The van der Waals surface area contributed by atoms with Crippen LogP contribution in [0.25, 0.3) is 0 Å². The molecule has 1 atom stereocenters. The lowest BCUT2D eigenvalue weighted by atomic mass is 10.0. The van der Waals surface area contributed by atoms with Gasteiger partial charge in [0, 0.05) is 36.6 Å². The second-order valence-electron chi connectivity index (χ2n) is 7.93. The van der Waals surface area contributed by atoms with Gasteiger partial charge in [-0.3, -0.25) is 9.59 Å². The summed E-state index contributed by atoms with van der Waals surface area (Å²) in [6, 6.07) is 24.2. The number of anilines is 3. The van der Waals surface area contributed by atoms with Crippen LogP contribution in [0.4, 0.5) is 17.1 Å². The summed E-state index contributed by atoms with van der Waals surface area (Å²) < 4.78 is 0. The smallest absolute Gasteiger partial charge is 0.251 e. The van der Waals surface area contributed by atoms with E-state index in [1.807, 2.05) is 83.8 Å². The molecule has 0 radical (unpaired) electrons. The monoisotopic (exact) mass is 428 g/mol. The van der Waals surface area contributed by atoms with Crippen molar-refractivity contribution in [3.8, 4) is 0 Å². The van der Waals surface area contributed by atoms with Crippen molar-refractivity contribution < 1.29 is 9.59 Å². The molecule has 6 heteroatoms. The van der Waals surface area contributed by atoms with E-state index in [1.54, 1.807) is 0 Å². The zero-order valence-corrected chi connectivity index (χ0v) is 18.0. The maximum absolute atomic E-state index is 13.2. The minimum atomic E-state index is -0.576. The topological polar surface area (TPSA) is 87.5 Å². The van der Waals surface area contributed by atoms with Crippen LogP contribution in [0, 0.1) is 0 Å². The summed E-state index contributed by atoms with van der Waals surface area (Å²) in [5.74, 6) is -0.0164. The molecule has 1 heterocycles. The summed E-state index contributed by atoms with van der Waals surface area (Å²) in [6.07, 6.45) is 2.56. The number of nitrogens with two attached hydrogens (primary N) is 1. The second-order valence-corrected chi connectivity index (χ2v) is 7.93. The molecule has 3 aromatic carbocycles. The summed E-state index contributed by atoms with van der Waals surface area (Å²) in [7, 11) is 0. The number of hydrogen-bond donors (Lipinski definition) is 3. The molecule has 1 aliphatic heterocycles. The Balaban J connectivity index is 1.51. The second kappa shape index (κ2) is 10.1. The first-order valence-electron chi connectivity index (χ1n) is 11.0. The Kier molecular flexibility index (Phi) is 6.82. The minimum Gasteiger partial charge on any atom is -0.370 e. The molecule has 0 saturated carbocycles. The van der Waals surface area contributed by atoms with Crippen molar-refractivity contribution in [1.82, 2.24) is 0 Å². The average molecular weight is 429 g/mol. The van der Waals surface area contributed by atoms with E-state index in [0.29, 0.717) is 18.7 Å². The summed E-state index contributed by atoms with van der Waals surface area (Å²) in [6.45, 7) is 1.18. The first-order valence-corrected chi connectivity index (χ1v) is 11.0. The highest BCUT2D eigenvalue weighted by Crippen LogP contribution is 2.25. The Bertz CT molecular complexity index is 1070. The van der Waals surface area contributed by atoms with E-state index >= 15 is 0 Å². The summed E-state index contributed by atoms with van der Waals surface area (Å²) in [4.78, 5) is 27.2. The first kappa shape index (κ1) is 21.6. The van der Waals surface area contributed by atoms with Gasteiger partial charge in [-0.15, -0.1) is 0 Å². The Hall–Kier alpha value is -3.64. The van der Waals surface area contributed by atoms with Crippen molar-refractivity contribution in [2.45, 2.75) is 31.8 Å². The number of amides is 2. The van der Waals surface area contributed by atoms with Crippen LogP contribution < -0.4 is 21.3 Å². The van der Waals surface area contributed by atoms with Gasteiger partial charge in [0.2, 0.25) is 5.91 Å². The highest BCUT2D eigenvalue weighted by molar-refractivity contribution is 5.98. The molecule has 6 nitrogen and oxygen atoms in total. The maximum atomic E-state index is 13.2. The van der Waals surface area contributed by atoms with Gasteiger partial charge in [-0.1, -0.05) is 42.5 Å². The fraction of sp³-hybridized carbons (Fsp3) is 0.231. The molecule has 0 bridgehead atoms. The SMILES string of the molecule is NCc1cccc(N[C@H](C(=O)Nc2ccc(N3CCCCC3=O)cc2)c2ccccc2)c1. The van der Waals surface area contributed by atoms with Crippen molar-refractivity contribution in [2.75, 3.05) is 22.1 Å². The number of hydrogen-bond acceptors (Lipinski definition) is 4. The van der Waals surface area contributed by atoms with Gasteiger partial charge in [0.15, 0.2) is 0 Å². The molecular formula is C26H28N4O2. The Morgan fingerprint density at radius 3 is 2.44 bits per heavy atom. The van der Waals surface area contributed by atoms with E-state index < -0.39 is 6.04 Å². The third-order valence-corrected chi connectivity index (χ3v) is 5.64. The molecule has 3 aromatic rings. The van der Waals surface area contributed by atoms with E-state index in [0.717, 1.165) is 41.9 Å². The largest absolute Gasteiger partial charge is 0.370 e. The van der Waals surface area contributed by atoms with Gasteiger partial charge in [0.05, 0.1) is 0 Å². The lowest BCUT2D eigenvalue weighted by molar-refractivity contribution is -0.119. The normalized spacial score (nSPS) is 14.7. The van der Waals surface area contributed by atoms with E-state index in [1.165, 1.54) is 0 Å². The van der Waals surface area contributed by atoms with Crippen LogP contribution in [0.3, 0.4) is 0 Å². The van der Waals surface area contributed by atoms with E-state index in [9.17, 15) is 9.59 Å². The number of benzene rings is 3. The number of carbonyl (C=O) groups is 2. The van der Waals surface area contributed by atoms with Crippen LogP contribution in [0.2, 0.25) is 0 Å². The lowest BCUT2D eigenvalue weighted by Crippen LogP contribution is -2.35. The van der Waals surface area contributed by atoms with Crippen molar-refractivity contribution >= 4 is 28.9 Å². The molecule has 0 spiro atoms. The van der Waals surface area contributed by atoms with Crippen LogP contribution >= 0.6 is 0 Å². The summed E-state index contributed by atoms with van der Waals surface area (Å²) in [5.41, 5.74) is 9.99. The molecular weight excluding hydrogens is 400 g/mol. The predicted molar refractivity (Wildman–Crippen MR) is 128 cm³/mol. The van der Waals surface area contributed by atoms with Crippen LogP contribution in [0.5, 0.6) is 0 Å². The highest BCUT2D eigenvalue weighted by Gasteiger charge is 2.22. The van der Waals surface area contributed by atoms with Gasteiger partial charge in [-0.2, -0.15) is 0 Å². The highest BCUT2D eigenvalue weighted by atomic mass is 16.2. The molecule has 0 aromatic heterocycles. The number of nitrogens with zero attached hydrogens (tertiary/aromatic N) is 1. The summed E-state index contributed by atoms with van der Waals surface area (Å²) in [5, 5.41) is 6.34. The maximum Gasteiger partial charge on any atom is 0.251 e. The lowest BCUT2D eigenvalue weighted by Gasteiger charge is -2.27.